The van der Waals surface area contributed by atoms with E-state index in [2.05, 4.69) is 0 Å². The van der Waals surface area contributed by atoms with Crippen LogP contribution in [0, 0.1) is 0 Å². The van der Waals surface area contributed by atoms with E-state index >= 15 is 0 Å². The summed E-state index contributed by atoms with van der Waals surface area (Å²) in [5.41, 5.74) is 1.48. The zero-order valence-corrected chi connectivity index (χ0v) is 12.0. The van der Waals surface area contributed by atoms with Crippen molar-refractivity contribution in [2.24, 2.45) is 0 Å². The van der Waals surface area contributed by atoms with E-state index in [-0.39, 0.29) is 13.2 Å². The maximum Gasteiger partial charge on any atom is 0.169 e. The molecule has 0 amide bonds. The Morgan fingerprint density at radius 1 is 0.714 bits per heavy atom. The summed E-state index contributed by atoms with van der Waals surface area (Å²) in [6.07, 6.45) is 0. The molecule has 0 bridgehead atoms. The molecule has 0 aliphatic rings. The summed E-state index contributed by atoms with van der Waals surface area (Å²) in [6.45, 7) is -0.129. The Morgan fingerprint density at radius 3 is 1.48 bits per heavy atom. The summed E-state index contributed by atoms with van der Waals surface area (Å²) in [5, 5.41) is 18.3. The van der Waals surface area contributed by atoms with Gasteiger partial charge in [0.25, 0.3) is 0 Å². The van der Waals surface area contributed by atoms with Crippen LogP contribution in [-0.2, 0) is 13.2 Å². The van der Waals surface area contributed by atoms with Crippen LogP contribution in [-0.4, -0.2) is 24.4 Å². The van der Waals surface area contributed by atoms with Gasteiger partial charge in [0.05, 0.1) is 27.4 Å². The summed E-state index contributed by atoms with van der Waals surface area (Å²) < 4.78 is 16.3. The molecule has 112 valence electrons. The highest BCUT2D eigenvalue weighted by molar-refractivity contribution is 5.49. The lowest BCUT2D eigenvalue weighted by Crippen LogP contribution is -1.95. The molecule has 5 heteroatoms. The van der Waals surface area contributed by atoms with Gasteiger partial charge in [0.1, 0.15) is 0 Å². The fourth-order valence-electron chi connectivity index (χ4n) is 1.91. The van der Waals surface area contributed by atoms with Gasteiger partial charge in [-0.25, -0.2) is 0 Å². The van der Waals surface area contributed by atoms with Crippen molar-refractivity contribution >= 4 is 0 Å². The predicted octanol–water partition coefficient (Wildman–Crippen LogP) is 2.48. The number of methoxy groups -OCH3 is 2. The van der Waals surface area contributed by atoms with Gasteiger partial charge in [-0.2, -0.15) is 0 Å². The molecule has 2 aromatic carbocycles. The van der Waals surface area contributed by atoms with E-state index in [1.165, 1.54) is 14.2 Å². The van der Waals surface area contributed by atoms with E-state index in [1.807, 2.05) is 0 Å². The SMILES string of the molecule is COc1cc(CO)ccc1Oc1ccc(CO)cc1OC. The highest BCUT2D eigenvalue weighted by Gasteiger charge is 2.11. The van der Waals surface area contributed by atoms with Crippen LogP contribution < -0.4 is 14.2 Å². The lowest BCUT2D eigenvalue weighted by Gasteiger charge is -2.14. The first-order valence-electron chi connectivity index (χ1n) is 6.45. The molecular formula is C16H18O5. The van der Waals surface area contributed by atoms with Crippen molar-refractivity contribution in [3.8, 4) is 23.0 Å². The van der Waals surface area contributed by atoms with Crippen molar-refractivity contribution in [3.05, 3.63) is 47.5 Å². The molecule has 0 radical (unpaired) electrons. The minimum Gasteiger partial charge on any atom is -0.493 e. The van der Waals surface area contributed by atoms with Crippen LogP contribution in [0.15, 0.2) is 36.4 Å². The van der Waals surface area contributed by atoms with Crippen molar-refractivity contribution in [2.45, 2.75) is 13.2 Å². The number of hydrogen-bond acceptors (Lipinski definition) is 5. The summed E-state index contributed by atoms with van der Waals surface area (Å²) in [6, 6.07) is 10.4. The van der Waals surface area contributed by atoms with Gasteiger partial charge in [-0.05, 0) is 35.4 Å². The largest absolute Gasteiger partial charge is 0.493 e. The third-order valence-corrected chi connectivity index (χ3v) is 3.04. The number of rotatable bonds is 6. The van der Waals surface area contributed by atoms with E-state index in [1.54, 1.807) is 36.4 Å². The first-order valence-corrected chi connectivity index (χ1v) is 6.45. The molecule has 0 aromatic heterocycles. The second-order valence-electron chi connectivity index (χ2n) is 4.39. The van der Waals surface area contributed by atoms with E-state index < -0.39 is 0 Å². The van der Waals surface area contributed by atoms with Crippen LogP contribution >= 0.6 is 0 Å². The molecule has 0 spiro atoms. The number of aliphatic hydroxyl groups excluding tert-OH is 2. The molecule has 0 aliphatic heterocycles. The quantitative estimate of drug-likeness (QED) is 0.855. The van der Waals surface area contributed by atoms with Crippen LogP contribution in [0.1, 0.15) is 11.1 Å². The summed E-state index contributed by atoms with van der Waals surface area (Å²) in [5.74, 6) is 2.08. The maximum absolute atomic E-state index is 9.14. The second-order valence-corrected chi connectivity index (χ2v) is 4.39. The van der Waals surface area contributed by atoms with Gasteiger partial charge in [-0.1, -0.05) is 12.1 Å². The van der Waals surface area contributed by atoms with Gasteiger partial charge in [-0.3, -0.25) is 0 Å². The van der Waals surface area contributed by atoms with Crippen molar-refractivity contribution in [3.63, 3.8) is 0 Å². The Bertz CT molecular complexity index is 556. The van der Waals surface area contributed by atoms with E-state index in [4.69, 9.17) is 24.4 Å². The van der Waals surface area contributed by atoms with Gasteiger partial charge in [-0.15, -0.1) is 0 Å². The Hall–Kier alpha value is -2.24. The lowest BCUT2D eigenvalue weighted by atomic mass is 10.2. The second kappa shape index (κ2) is 6.97. The highest BCUT2D eigenvalue weighted by Crippen LogP contribution is 2.37. The molecule has 2 N–H and O–H groups in total. The standard InChI is InChI=1S/C16H18O5/c1-19-15-7-11(9-17)3-5-13(15)21-14-6-4-12(10-18)8-16(14)20-2/h3-8,17-18H,9-10H2,1-2H3. The van der Waals surface area contributed by atoms with E-state index in [0.29, 0.717) is 23.0 Å². The number of ether oxygens (including phenoxy) is 3. The van der Waals surface area contributed by atoms with Gasteiger partial charge in [0.2, 0.25) is 0 Å². The van der Waals surface area contributed by atoms with Crippen molar-refractivity contribution < 1.29 is 24.4 Å². The molecule has 0 unspecified atom stereocenters. The maximum atomic E-state index is 9.14. The summed E-state index contributed by atoms with van der Waals surface area (Å²) in [4.78, 5) is 0. The average Bonchev–Trinajstić information content (AvgIpc) is 2.55. The molecule has 0 aliphatic carbocycles. The lowest BCUT2D eigenvalue weighted by molar-refractivity contribution is 0.280. The Kier molecular flexibility index (Phi) is 5.03. The summed E-state index contributed by atoms with van der Waals surface area (Å²) >= 11 is 0. The molecule has 0 saturated carbocycles. The molecule has 0 fully saturated rings. The number of benzene rings is 2. The third-order valence-electron chi connectivity index (χ3n) is 3.04. The molecule has 2 aromatic rings. The number of aliphatic hydroxyl groups is 2. The first-order chi connectivity index (χ1) is 10.2. The fraction of sp³-hybridized carbons (Fsp3) is 0.250. The van der Waals surface area contributed by atoms with Crippen LogP contribution in [0.25, 0.3) is 0 Å². The molecule has 0 atom stereocenters. The molecule has 21 heavy (non-hydrogen) atoms. The molecular weight excluding hydrogens is 272 g/mol. The molecule has 5 nitrogen and oxygen atoms in total. The third kappa shape index (κ3) is 3.45. The first kappa shape index (κ1) is 15.2. The molecule has 2 rings (SSSR count). The van der Waals surface area contributed by atoms with Gasteiger partial charge >= 0.3 is 0 Å². The van der Waals surface area contributed by atoms with Crippen molar-refractivity contribution in [1.29, 1.82) is 0 Å². The van der Waals surface area contributed by atoms with E-state index in [9.17, 15) is 0 Å². The Labute approximate surface area is 123 Å². The smallest absolute Gasteiger partial charge is 0.169 e. The molecule has 0 heterocycles. The zero-order chi connectivity index (χ0) is 15.2. The van der Waals surface area contributed by atoms with Crippen LogP contribution in [0.2, 0.25) is 0 Å². The van der Waals surface area contributed by atoms with Crippen LogP contribution in [0.3, 0.4) is 0 Å². The van der Waals surface area contributed by atoms with Crippen molar-refractivity contribution in [2.75, 3.05) is 14.2 Å². The minimum atomic E-state index is -0.0643. The summed E-state index contributed by atoms with van der Waals surface area (Å²) in [7, 11) is 3.07. The van der Waals surface area contributed by atoms with Crippen molar-refractivity contribution in [1.82, 2.24) is 0 Å². The van der Waals surface area contributed by atoms with Gasteiger partial charge in [0.15, 0.2) is 23.0 Å². The van der Waals surface area contributed by atoms with Gasteiger partial charge in [0, 0.05) is 0 Å². The Morgan fingerprint density at radius 2 is 1.14 bits per heavy atom. The van der Waals surface area contributed by atoms with Crippen LogP contribution in [0.5, 0.6) is 23.0 Å². The molecule has 0 saturated heterocycles. The topological polar surface area (TPSA) is 68.2 Å². The normalized spacial score (nSPS) is 10.3. The fourth-order valence-corrected chi connectivity index (χ4v) is 1.91. The highest BCUT2D eigenvalue weighted by atomic mass is 16.5. The van der Waals surface area contributed by atoms with Crippen LogP contribution in [0.4, 0.5) is 0 Å². The average molecular weight is 290 g/mol. The minimum absolute atomic E-state index is 0.0643. The monoisotopic (exact) mass is 290 g/mol. The zero-order valence-electron chi connectivity index (χ0n) is 12.0. The predicted molar refractivity (Wildman–Crippen MR) is 77.9 cm³/mol. The van der Waals surface area contributed by atoms with E-state index in [0.717, 1.165) is 11.1 Å². The number of hydrogen-bond donors (Lipinski definition) is 2. The van der Waals surface area contributed by atoms with Gasteiger partial charge < -0.3 is 24.4 Å². The Balaban J connectivity index is 2.33.